The molecule has 158 valence electrons. The highest BCUT2D eigenvalue weighted by atomic mass is 32.2. The summed E-state index contributed by atoms with van der Waals surface area (Å²) < 4.78 is 15.4. The third-order valence-electron chi connectivity index (χ3n) is 5.30. The fourth-order valence-electron chi connectivity index (χ4n) is 3.66. The second-order valence-electron chi connectivity index (χ2n) is 7.53. The van der Waals surface area contributed by atoms with E-state index < -0.39 is 0 Å². The molecule has 0 N–H and O–H groups in total. The third kappa shape index (κ3) is 4.21. The maximum absolute atomic E-state index is 13.2. The van der Waals surface area contributed by atoms with Gasteiger partial charge in [0, 0.05) is 23.6 Å². The van der Waals surface area contributed by atoms with Gasteiger partial charge in [-0.15, -0.1) is 0 Å². The van der Waals surface area contributed by atoms with Crippen molar-refractivity contribution in [1.29, 1.82) is 0 Å². The van der Waals surface area contributed by atoms with Gasteiger partial charge < -0.3 is 4.57 Å². The zero-order valence-corrected chi connectivity index (χ0v) is 18.8. The van der Waals surface area contributed by atoms with Gasteiger partial charge in [-0.1, -0.05) is 17.7 Å². The van der Waals surface area contributed by atoms with E-state index >= 15 is 0 Å². The van der Waals surface area contributed by atoms with E-state index in [0.717, 1.165) is 22.6 Å². The fraction of sp³-hybridized carbons (Fsp3) is 0.200. The highest BCUT2D eigenvalue weighted by Gasteiger charge is 2.32. The number of benzene rings is 2. The van der Waals surface area contributed by atoms with Gasteiger partial charge in [-0.3, -0.25) is 9.69 Å². The van der Waals surface area contributed by atoms with Gasteiger partial charge in [0.25, 0.3) is 5.91 Å². The van der Waals surface area contributed by atoms with Crippen LogP contribution in [0.3, 0.4) is 0 Å². The van der Waals surface area contributed by atoms with Crippen LogP contribution >= 0.6 is 11.8 Å². The number of halogens is 1. The van der Waals surface area contributed by atoms with Gasteiger partial charge in [0.1, 0.15) is 5.82 Å². The van der Waals surface area contributed by atoms with Gasteiger partial charge >= 0.3 is 0 Å². The van der Waals surface area contributed by atoms with Crippen molar-refractivity contribution in [3.8, 4) is 5.69 Å². The first-order valence-electron chi connectivity index (χ1n) is 10.2. The third-order valence-corrected chi connectivity index (χ3v) is 6.31. The van der Waals surface area contributed by atoms with Gasteiger partial charge in [0.05, 0.1) is 10.6 Å². The summed E-state index contributed by atoms with van der Waals surface area (Å²) in [4.78, 5) is 19.8. The number of aliphatic imine (C=N–C) groups is 1. The van der Waals surface area contributed by atoms with E-state index in [1.807, 2.05) is 13.0 Å². The van der Waals surface area contributed by atoms with Crippen molar-refractivity contribution in [3.63, 3.8) is 0 Å². The lowest BCUT2D eigenvalue weighted by atomic mass is 10.2. The molecule has 1 aromatic heterocycles. The molecule has 0 spiro atoms. The van der Waals surface area contributed by atoms with Crippen LogP contribution in [0.4, 0.5) is 10.1 Å². The van der Waals surface area contributed by atoms with Crippen LogP contribution in [0, 0.1) is 26.6 Å². The van der Waals surface area contributed by atoms with E-state index in [-0.39, 0.29) is 11.7 Å². The molecule has 4 nitrogen and oxygen atoms in total. The molecule has 1 aliphatic rings. The number of likely N-dealkylation sites (N-methyl/N-ethyl adjacent to an activating group) is 1. The maximum atomic E-state index is 13.2. The van der Waals surface area contributed by atoms with Crippen molar-refractivity contribution in [1.82, 2.24) is 9.47 Å². The van der Waals surface area contributed by atoms with Crippen LogP contribution in [0.5, 0.6) is 0 Å². The van der Waals surface area contributed by atoms with Gasteiger partial charge in [0.2, 0.25) is 0 Å². The van der Waals surface area contributed by atoms with Crippen LogP contribution in [0.15, 0.2) is 64.5 Å². The fourth-order valence-corrected chi connectivity index (χ4v) is 4.72. The van der Waals surface area contributed by atoms with Crippen LogP contribution in [-0.2, 0) is 4.79 Å². The van der Waals surface area contributed by atoms with Gasteiger partial charge in [0.15, 0.2) is 5.17 Å². The molecule has 0 bridgehead atoms. The van der Waals surface area contributed by atoms with E-state index in [1.165, 1.54) is 29.5 Å². The molecular formula is C25H24FN3OS. The zero-order valence-electron chi connectivity index (χ0n) is 18.0. The largest absolute Gasteiger partial charge is 0.318 e. The molecule has 6 heteroatoms. The van der Waals surface area contributed by atoms with Crippen molar-refractivity contribution in [3.05, 3.63) is 87.8 Å². The number of thioether (sulfide) groups is 1. The molecular weight excluding hydrogens is 409 g/mol. The smallest absolute Gasteiger partial charge is 0.266 e. The zero-order chi connectivity index (χ0) is 22.1. The van der Waals surface area contributed by atoms with Crippen LogP contribution in [0.1, 0.15) is 29.4 Å². The van der Waals surface area contributed by atoms with Crippen LogP contribution in [0.25, 0.3) is 11.8 Å². The number of aromatic nitrogens is 1. The van der Waals surface area contributed by atoms with Crippen LogP contribution in [0.2, 0.25) is 0 Å². The molecule has 1 aliphatic heterocycles. The number of amidine groups is 1. The number of aryl methyl sites for hydroxylation is 2. The monoisotopic (exact) mass is 433 g/mol. The Hall–Kier alpha value is -3.12. The lowest BCUT2D eigenvalue weighted by molar-refractivity contribution is -0.122. The predicted octanol–water partition coefficient (Wildman–Crippen LogP) is 6.17. The number of nitrogens with zero attached hydrogens (tertiary/aromatic N) is 3. The molecule has 3 aromatic rings. The minimum Gasteiger partial charge on any atom is -0.318 e. The Morgan fingerprint density at radius 3 is 2.35 bits per heavy atom. The quantitative estimate of drug-likeness (QED) is 0.462. The summed E-state index contributed by atoms with van der Waals surface area (Å²) in [5, 5.41) is 0.609. The Bertz CT molecular complexity index is 1190. The SMILES string of the molecule is CCN1C(=O)/C(=C/c2cc(C)n(-c3ccc(C)cc3)c2C)SC1=Nc1ccc(F)cc1. The summed E-state index contributed by atoms with van der Waals surface area (Å²) in [6, 6.07) is 16.5. The van der Waals surface area contributed by atoms with Crippen molar-refractivity contribution in [2.75, 3.05) is 6.54 Å². The van der Waals surface area contributed by atoms with Crippen molar-refractivity contribution in [2.45, 2.75) is 27.7 Å². The van der Waals surface area contributed by atoms with Crippen LogP contribution in [-0.4, -0.2) is 27.1 Å². The second kappa shape index (κ2) is 8.55. The molecule has 2 heterocycles. The number of rotatable bonds is 4. The Morgan fingerprint density at radius 1 is 1.03 bits per heavy atom. The number of hydrogen-bond donors (Lipinski definition) is 0. The molecule has 0 atom stereocenters. The molecule has 0 aliphatic carbocycles. The number of hydrogen-bond acceptors (Lipinski definition) is 3. The van der Waals surface area contributed by atoms with E-state index in [4.69, 9.17) is 0 Å². The Labute approximate surface area is 186 Å². The lowest BCUT2D eigenvalue weighted by Gasteiger charge is -2.12. The summed E-state index contributed by atoms with van der Waals surface area (Å²) >= 11 is 1.35. The summed E-state index contributed by atoms with van der Waals surface area (Å²) in [5.41, 5.74) is 6.13. The minimum absolute atomic E-state index is 0.0616. The minimum atomic E-state index is -0.309. The summed E-state index contributed by atoms with van der Waals surface area (Å²) in [6.45, 7) is 8.64. The number of carbonyl (C=O) groups excluding carboxylic acids is 1. The van der Waals surface area contributed by atoms with Crippen LogP contribution < -0.4 is 0 Å². The van der Waals surface area contributed by atoms with Gasteiger partial charge in [-0.05, 0) is 93.6 Å². The first kappa shape index (κ1) is 21.1. The van der Waals surface area contributed by atoms with E-state index in [2.05, 4.69) is 60.7 Å². The van der Waals surface area contributed by atoms with Gasteiger partial charge in [-0.25, -0.2) is 9.38 Å². The Morgan fingerprint density at radius 2 is 1.71 bits per heavy atom. The second-order valence-corrected chi connectivity index (χ2v) is 8.54. The number of amides is 1. The predicted molar refractivity (Wildman–Crippen MR) is 126 cm³/mol. The molecule has 31 heavy (non-hydrogen) atoms. The lowest BCUT2D eigenvalue weighted by Crippen LogP contribution is -2.28. The first-order chi connectivity index (χ1) is 14.9. The topological polar surface area (TPSA) is 37.6 Å². The first-order valence-corrected chi connectivity index (χ1v) is 11.0. The molecule has 1 amide bonds. The molecule has 0 saturated carbocycles. The molecule has 0 radical (unpaired) electrons. The van der Waals surface area contributed by atoms with E-state index in [9.17, 15) is 9.18 Å². The summed E-state index contributed by atoms with van der Waals surface area (Å²) in [7, 11) is 0. The van der Waals surface area contributed by atoms with E-state index in [0.29, 0.717) is 22.3 Å². The summed E-state index contributed by atoms with van der Waals surface area (Å²) in [6.07, 6.45) is 1.94. The Kier molecular flexibility index (Phi) is 5.83. The molecule has 0 unspecified atom stereocenters. The highest BCUT2D eigenvalue weighted by molar-refractivity contribution is 8.18. The maximum Gasteiger partial charge on any atom is 0.266 e. The molecule has 4 rings (SSSR count). The molecule has 1 fully saturated rings. The Balaban J connectivity index is 1.69. The summed E-state index contributed by atoms with van der Waals surface area (Å²) in [5.74, 6) is -0.371. The van der Waals surface area contributed by atoms with Crippen molar-refractivity contribution >= 4 is 34.6 Å². The van der Waals surface area contributed by atoms with Crippen molar-refractivity contribution < 1.29 is 9.18 Å². The average molecular weight is 434 g/mol. The molecule has 1 saturated heterocycles. The average Bonchev–Trinajstić information content (AvgIpc) is 3.19. The van der Waals surface area contributed by atoms with E-state index in [1.54, 1.807) is 17.0 Å². The highest BCUT2D eigenvalue weighted by Crippen LogP contribution is 2.35. The van der Waals surface area contributed by atoms with Gasteiger partial charge in [-0.2, -0.15) is 0 Å². The standard InChI is InChI=1S/C25H24FN3OS/c1-5-28-24(30)23(31-25(28)27-21-10-8-20(26)9-11-21)15-19-14-17(3)29(18(19)4)22-12-6-16(2)7-13-22/h6-15H,5H2,1-4H3/b23-15-,27-25?. The van der Waals surface area contributed by atoms with Crippen molar-refractivity contribution in [2.24, 2.45) is 4.99 Å². The normalized spacial score (nSPS) is 16.7. The number of carbonyl (C=O) groups is 1. The molecule has 2 aromatic carbocycles.